The average molecular weight is 430 g/mol. The number of benzene rings is 2. The zero-order valence-corrected chi connectivity index (χ0v) is 16.6. The molecule has 31 heavy (non-hydrogen) atoms. The molecule has 0 aliphatic heterocycles. The van der Waals surface area contributed by atoms with Crippen molar-refractivity contribution in [3.8, 4) is 0 Å². The Morgan fingerprint density at radius 2 is 1.84 bits per heavy atom. The maximum Gasteiger partial charge on any atom is 0.416 e. The number of fused-ring (bicyclic) bond motifs is 2. The van der Waals surface area contributed by atoms with E-state index in [4.69, 9.17) is 13.9 Å². The molecular formula is C22H17F3N2O4. The fourth-order valence-corrected chi connectivity index (χ4v) is 3.37. The van der Waals surface area contributed by atoms with Crippen LogP contribution in [0.3, 0.4) is 0 Å². The smallest absolute Gasteiger partial charge is 0.416 e. The van der Waals surface area contributed by atoms with Crippen molar-refractivity contribution in [2.24, 2.45) is 0 Å². The van der Waals surface area contributed by atoms with Gasteiger partial charge in [-0.3, -0.25) is 0 Å². The number of carbonyl (C=O) groups is 1. The summed E-state index contributed by atoms with van der Waals surface area (Å²) >= 11 is 0. The molecule has 0 unspecified atom stereocenters. The number of alkyl halides is 3. The number of para-hydroxylation sites is 1. The molecule has 2 aromatic carbocycles. The third-order valence-corrected chi connectivity index (χ3v) is 4.80. The minimum Gasteiger partial charge on any atom is -0.452 e. The van der Waals surface area contributed by atoms with E-state index in [-0.39, 0.29) is 35.8 Å². The van der Waals surface area contributed by atoms with Gasteiger partial charge in [-0.1, -0.05) is 18.2 Å². The number of hydrogen-bond donors (Lipinski definition) is 0. The van der Waals surface area contributed by atoms with Gasteiger partial charge in [0, 0.05) is 12.5 Å². The van der Waals surface area contributed by atoms with Crippen LogP contribution in [0.25, 0.3) is 22.0 Å². The van der Waals surface area contributed by atoms with Gasteiger partial charge >= 0.3 is 12.1 Å². The zero-order chi connectivity index (χ0) is 22.2. The Labute approximate surface area is 174 Å². The molecule has 160 valence electrons. The third-order valence-electron chi connectivity index (χ3n) is 4.80. The van der Waals surface area contributed by atoms with Gasteiger partial charge in [0.1, 0.15) is 5.52 Å². The van der Waals surface area contributed by atoms with Crippen LogP contribution in [-0.2, 0) is 28.9 Å². The molecule has 0 saturated carbocycles. The number of ether oxygens (including phenoxy) is 2. The van der Waals surface area contributed by atoms with Crippen LogP contribution in [0.15, 0.2) is 46.9 Å². The molecule has 9 heteroatoms. The molecule has 0 radical (unpaired) electrons. The normalized spacial score (nSPS) is 11.9. The first-order valence-corrected chi connectivity index (χ1v) is 9.29. The van der Waals surface area contributed by atoms with Crippen LogP contribution < -0.4 is 0 Å². The Hall–Kier alpha value is -3.46. The van der Waals surface area contributed by atoms with E-state index in [0.717, 1.165) is 23.0 Å². The maximum atomic E-state index is 12.9. The van der Waals surface area contributed by atoms with Crippen LogP contribution in [0, 0.1) is 6.92 Å². The number of hydrogen-bond acceptors (Lipinski definition) is 6. The predicted molar refractivity (Wildman–Crippen MR) is 105 cm³/mol. The summed E-state index contributed by atoms with van der Waals surface area (Å²) in [6, 6.07) is 10.4. The second-order valence-corrected chi connectivity index (χ2v) is 6.87. The molecule has 0 saturated heterocycles. The molecule has 0 aliphatic carbocycles. The van der Waals surface area contributed by atoms with Gasteiger partial charge in [-0.05, 0) is 36.8 Å². The standard InChI is InChI=1S/C22H17F3N2O4/c1-12-14-5-3-4-6-15(14)26-17(10-29-2)20(12)21(28)30-11-19-27-16-9-13(22(23,24)25)7-8-18(16)31-19/h3-9H,10-11H2,1-2H3. The number of aryl methyl sites for hydroxylation is 1. The second kappa shape index (κ2) is 7.99. The van der Waals surface area contributed by atoms with Gasteiger partial charge in [-0.15, -0.1) is 0 Å². The van der Waals surface area contributed by atoms with E-state index in [9.17, 15) is 18.0 Å². The molecule has 0 N–H and O–H groups in total. The van der Waals surface area contributed by atoms with Gasteiger partial charge in [0.15, 0.2) is 12.2 Å². The Morgan fingerprint density at radius 3 is 2.58 bits per heavy atom. The average Bonchev–Trinajstić information content (AvgIpc) is 3.14. The second-order valence-electron chi connectivity index (χ2n) is 6.87. The summed E-state index contributed by atoms with van der Waals surface area (Å²) in [6.07, 6.45) is -4.49. The molecule has 0 spiro atoms. The minimum absolute atomic E-state index is 0.0117. The first-order chi connectivity index (χ1) is 14.8. The summed E-state index contributed by atoms with van der Waals surface area (Å²) < 4.78 is 54.5. The summed E-state index contributed by atoms with van der Waals surface area (Å²) in [5, 5.41) is 0.802. The summed E-state index contributed by atoms with van der Waals surface area (Å²) in [4.78, 5) is 21.3. The van der Waals surface area contributed by atoms with Crippen LogP contribution >= 0.6 is 0 Å². The van der Waals surface area contributed by atoms with E-state index in [1.165, 1.54) is 13.2 Å². The fourth-order valence-electron chi connectivity index (χ4n) is 3.37. The van der Waals surface area contributed by atoms with Crippen LogP contribution in [0.2, 0.25) is 0 Å². The van der Waals surface area contributed by atoms with E-state index in [1.54, 1.807) is 6.92 Å². The molecule has 2 heterocycles. The lowest BCUT2D eigenvalue weighted by atomic mass is 10.0. The van der Waals surface area contributed by atoms with Crippen molar-refractivity contribution < 1.29 is 31.9 Å². The Balaban J connectivity index is 1.61. The van der Waals surface area contributed by atoms with E-state index in [1.807, 2.05) is 24.3 Å². The topological polar surface area (TPSA) is 74.5 Å². The van der Waals surface area contributed by atoms with E-state index in [2.05, 4.69) is 9.97 Å². The number of rotatable bonds is 5. The van der Waals surface area contributed by atoms with Gasteiger partial charge < -0.3 is 13.9 Å². The summed E-state index contributed by atoms with van der Waals surface area (Å²) in [7, 11) is 1.49. The third kappa shape index (κ3) is 4.09. The van der Waals surface area contributed by atoms with Crippen molar-refractivity contribution in [3.05, 3.63) is 70.7 Å². The zero-order valence-electron chi connectivity index (χ0n) is 16.6. The molecule has 2 aromatic heterocycles. The van der Waals surface area contributed by atoms with Crippen molar-refractivity contribution in [2.75, 3.05) is 7.11 Å². The van der Waals surface area contributed by atoms with E-state index in [0.29, 0.717) is 11.3 Å². The van der Waals surface area contributed by atoms with E-state index < -0.39 is 17.7 Å². The lowest BCUT2D eigenvalue weighted by molar-refractivity contribution is -0.137. The highest BCUT2D eigenvalue weighted by Gasteiger charge is 2.31. The summed E-state index contributed by atoms with van der Waals surface area (Å²) in [5.74, 6) is -0.664. The van der Waals surface area contributed by atoms with E-state index >= 15 is 0 Å². The molecule has 0 amide bonds. The molecule has 4 rings (SSSR count). The lowest BCUT2D eigenvalue weighted by Gasteiger charge is -2.13. The van der Waals surface area contributed by atoms with Crippen LogP contribution in [0.1, 0.15) is 33.1 Å². The summed E-state index contributed by atoms with van der Waals surface area (Å²) in [5.41, 5.74) is 1.48. The van der Waals surface area contributed by atoms with Crippen LogP contribution in [-0.4, -0.2) is 23.0 Å². The Kier molecular flexibility index (Phi) is 5.36. The van der Waals surface area contributed by atoms with Crippen molar-refractivity contribution >= 4 is 28.0 Å². The van der Waals surface area contributed by atoms with Gasteiger partial charge in [0.2, 0.25) is 5.89 Å². The van der Waals surface area contributed by atoms with Crippen molar-refractivity contribution in [3.63, 3.8) is 0 Å². The van der Waals surface area contributed by atoms with Gasteiger partial charge in [-0.2, -0.15) is 13.2 Å². The monoisotopic (exact) mass is 430 g/mol. The van der Waals surface area contributed by atoms with Crippen molar-refractivity contribution in [1.29, 1.82) is 0 Å². The Bertz CT molecular complexity index is 1280. The van der Waals surface area contributed by atoms with Gasteiger partial charge in [-0.25, -0.2) is 14.8 Å². The molecule has 0 bridgehead atoms. The number of carbonyl (C=O) groups excluding carboxylic acids is 1. The van der Waals surface area contributed by atoms with Crippen molar-refractivity contribution in [1.82, 2.24) is 9.97 Å². The molecule has 0 aliphatic rings. The fraction of sp³-hybridized carbons (Fsp3) is 0.227. The highest BCUT2D eigenvalue weighted by atomic mass is 19.4. The number of esters is 1. The van der Waals surface area contributed by atoms with Crippen LogP contribution in [0.4, 0.5) is 13.2 Å². The molecule has 4 aromatic rings. The van der Waals surface area contributed by atoms with Crippen LogP contribution in [0.5, 0.6) is 0 Å². The van der Waals surface area contributed by atoms with Crippen molar-refractivity contribution in [2.45, 2.75) is 26.3 Å². The highest BCUT2D eigenvalue weighted by molar-refractivity contribution is 5.98. The highest BCUT2D eigenvalue weighted by Crippen LogP contribution is 2.31. The molecular weight excluding hydrogens is 413 g/mol. The molecule has 0 atom stereocenters. The quantitative estimate of drug-likeness (QED) is 0.405. The number of pyridine rings is 1. The predicted octanol–water partition coefficient (Wildman–Crippen LogP) is 5.21. The number of nitrogens with zero attached hydrogens (tertiary/aromatic N) is 2. The number of oxazole rings is 1. The molecule has 6 nitrogen and oxygen atoms in total. The lowest BCUT2D eigenvalue weighted by Crippen LogP contribution is -2.13. The largest absolute Gasteiger partial charge is 0.452 e. The summed E-state index contributed by atoms with van der Waals surface area (Å²) in [6.45, 7) is 1.56. The van der Waals surface area contributed by atoms with Gasteiger partial charge in [0.25, 0.3) is 0 Å². The molecule has 0 fully saturated rings. The first kappa shape index (κ1) is 20.8. The SMILES string of the molecule is COCc1nc2ccccc2c(C)c1C(=O)OCc1nc2cc(C(F)(F)F)ccc2o1. The maximum absolute atomic E-state index is 12.9. The minimum atomic E-state index is -4.49. The number of methoxy groups -OCH3 is 1. The first-order valence-electron chi connectivity index (χ1n) is 9.29. The number of aromatic nitrogens is 2. The Morgan fingerprint density at radius 1 is 1.06 bits per heavy atom. The van der Waals surface area contributed by atoms with Gasteiger partial charge in [0.05, 0.1) is 28.9 Å². The number of halogens is 3.